The molecule has 0 aliphatic carbocycles. The molecule has 0 saturated carbocycles. The molecule has 0 saturated heterocycles. The zero-order chi connectivity index (χ0) is 17.6. The van der Waals surface area contributed by atoms with E-state index in [2.05, 4.69) is 20.7 Å². The molecule has 0 radical (unpaired) electrons. The van der Waals surface area contributed by atoms with Crippen LogP contribution in [0.2, 0.25) is 0 Å². The Morgan fingerprint density at radius 1 is 1.12 bits per heavy atom. The normalized spacial score (nSPS) is 11.2. The number of rotatable bonds is 6. The predicted molar refractivity (Wildman–Crippen MR) is 96.1 cm³/mol. The summed E-state index contributed by atoms with van der Waals surface area (Å²) < 4.78 is 5.12. The summed E-state index contributed by atoms with van der Waals surface area (Å²) in [4.78, 5) is 11.4. The van der Waals surface area contributed by atoms with Gasteiger partial charge in [0.1, 0.15) is 10.8 Å². The summed E-state index contributed by atoms with van der Waals surface area (Å²) in [6.45, 7) is 0. The zero-order valence-corrected chi connectivity index (χ0v) is 14.0. The summed E-state index contributed by atoms with van der Waals surface area (Å²) in [7, 11) is 1.60. The van der Waals surface area contributed by atoms with Crippen molar-refractivity contribution in [3.63, 3.8) is 0 Å². The Morgan fingerprint density at radius 2 is 1.84 bits per heavy atom. The van der Waals surface area contributed by atoms with Crippen molar-refractivity contribution >= 4 is 28.1 Å². The van der Waals surface area contributed by atoms with E-state index in [9.17, 15) is 9.90 Å². The lowest BCUT2D eigenvalue weighted by Crippen LogP contribution is -2.16. The van der Waals surface area contributed by atoms with E-state index in [0.29, 0.717) is 15.7 Å². The molecular formula is C17H14N4O3S. The molecule has 25 heavy (non-hydrogen) atoms. The average molecular weight is 354 g/mol. The van der Waals surface area contributed by atoms with Crippen molar-refractivity contribution in [1.82, 2.24) is 10.2 Å². The van der Waals surface area contributed by atoms with Gasteiger partial charge in [0.05, 0.1) is 7.11 Å². The summed E-state index contributed by atoms with van der Waals surface area (Å²) in [5.41, 5.74) is 3.96. The number of carbonyl (C=O) groups is 1. The first-order valence-corrected chi connectivity index (χ1v) is 8.09. The molecule has 3 rings (SSSR count). The van der Waals surface area contributed by atoms with Crippen LogP contribution in [-0.2, 0) is 4.79 Å². The minimum Gasteiger partial charge on any atom is -0.497 e. The summed E-state index contributed by atoms with van der Waals surface area (Å²) in [6, 6.07) is 16.1. The van der Waals surface area contributed by atoms with Crippen LogP contribution in [0.15, 0.2) is 59.7 Å². The van der Waals surface area contributed by atoms with Crippen LogP contribution in [0.5, 0.6) is 5.75 Å². The largest absolute Gasteiger partial charge is 0.497 e. The van der Waals surface area contributed by atoms with E-state index in [1.165, 1.54) is 11.3 Å². The van der Waals surface area contributed by atoms with E-state index in [4.69, 9.17) is 4.74 Å². The van der Waals surface area contributed by atoms with E-state index in [-0.39, 0.29) is 5.71 Å². The van der Waals surface area contributed by atoms with Crippen molar-refractivity contribution in [2.45, 2.75) is 0 Å². The van der Waals surface area contributed by atoms with Crippen molar-refractivity contribution in [1.29, 1.82) is 0 Å². The third-order valence-corrected chi connectivity index (χ3v) is 4.15. The Balaban J connectivity index is 1.79. The third-order valence-electron chi connectivity index (χ3n) is 3.28. The molecule has 0 spiro atoms. The Bertz CT molecular complexity index is 892. The molecule has 0 unspecified atom stereocenters. The second kappa shape index (κ2) is 7.54. The van der Waals surface area contributed by atoms with Gasteiger partial charge in [0.25, 0.3) is 0 Å². The highest BCUT2D eigenvalue weighted by atomic mass is 32.1. The molecule has 2 N–H and O–H groups in total. The molecule has 8 heteroatoms. The average Bonchev–Trinajstić information content (AvgIpc) is 3.11. The van der Waals surface area contributed by atoms with Gasteiger partial charge < -0.3 is 9.84 Å². The number of aromatic nitrogens is 2. The van der Waals surface area contributed by atoms with Crippen LogP contribution >= 0.6 is 11.3 Å². The molecule has 0 bridgehead atoms. The second-order valence-electron chi connectivity index (χ2n) is 4.88. The van der Waals surface area contributed by atoms with Gasteiger partial charge in [0.2, 0.25) is 5.13 Å². The number of methoxy groups -OCH3 is 1. The number of nitrogens with zero attached hydrogens (tertiary/aromatic N) is 3. The fraction of sp³-hybridized carbons (Fsp3) is 0.0588. The number of carboxylic acid groups (broad SMARTS) is 1. The topological polar surface area (TPSA) is 96.7 Å². The third kappa shape index (κ3) is 3.99. The minimum atomic E-state index is -1.13. The highest BCUT2D eigenvalue weighted by Crippen LogP contribution is 2.27. The SMILES string of the molecule is COc1ccc(-c2nnc(N/N=C(/C(=O)O)c3ccccc3)s2)cc1. The van der Waals surface area contributed by atoms with Gasteiger partial charge in [-0.15, -0.1) is 10.2 Å². The maximum absolute atomic E-state index is 11.4. The molecular weight excluding hydrogens is 340 g/mol. The van der Waals surface area contributed by atoms with Gasteiger partial charge in [-0.05, 0) is 24.3 Å². The van der Waals surface area contributed by atoms with Crippen molar-refractivity contribution in [3.8, 4) is 16.3 Å². The van der Waals surface area contributed by atoms with Gasteiger partial charge in [-0.3, -0.25) is 5.43 Å². The summed E-state index contributed by atoms with van der Waals surface area (Å²) >= 11 is 1.27. The van der Waals surface area contributed by atoms with Crippen molar-refractivity contribution in [2.24, 2.45) is 5.10 Å². The number of nitrogens with one attached hydrogen (secondary N) is 1. The van der Waals surface area contributed by atoms with Crippen LogP contribution in [0.4, 0.5) is 5.13 Å². The first-order valence-electron chi connectivity index (χ1n) is 7.27. The first kappa shape index (κ1) is 16.6. The van der Waals surface area contributed by atoms with Crippen LogP contribution in [0.3, 0.4) is 0 Å². The molecule has 126 valence electrons. The number of hydrazone groups is 1. The fourth-order valence-electron chi connectivity index (χ4n) is 2.05. The standard InChI is InChI=1S/C17H14N4O3S/c1-24-13-9-7-12(8-10-13)15-19-21-17(25-15)20-18-14(16(22)23)11-5-3-2-4-6-11/h2-10H,1H3,(H,20,21)(H,22,23)/b18-14+. The maximum atomic E-state index is 11.4. The van der Waals surface area contributed by atoms with Crippen molar-refractivity contribution in [3.05, 3.63) is 60.2 Å². The molecule has 7 nitrogen and oxygen atoms in total. The highest BCUT2D eigenvalue weighted by molar-refractivity contribution is 7.18. The Hall–Kier alpha value is -3.26. The van der Waals surface area contributed by atoms with Crippen LogP contribution in [0.1, 0.15) is 5.56 Å². The van der Waals surface area contributed by atoms with Crippen LogP contribution in [0, 0.1) is 0 Å². The summed E-state index contributed by atoms with van der Waals surface area (Å²) in [6.07, 6.45) is 0. The van der Waals surface area contributed by atoms with Gasteiger partial charge in [-0.25, -0.2) is 4.79 Å². The predicted octanol–water partition coefficient (Wildman–Crippen LogP) is 3.11. The molecule has 0 atom stereocenters. The zero-order valence-electron chi connectivity index (χ0n) is 13.2. The monoisotopic (exact) mass is 354 g/mol. The van der Waals surface area contributed by atoms with Crippen molar-refractivity contribution in [2.75, 3.05) is 12.5 Å². The smallest absolute Gasteiger partial charge is 0.356 e. The molecule has 0 fully saturated rings. The number of hydrogen-bond donors (Lipinski definition) is 2. The molecule has 2 aromatic carbocycles. The highest BCUT2D eigenvalue weighted by Gasteiger charge is 2.13. The minimum absolute atomic E-state index is 0.0956. The lowest BCUT2D eigenvalue weighted by atomic mass is 10.1. The fourth-order valence-corrected chi connectivity index (χ4v) is 2.75. The van der Waals surface area contributed by atoms with Crippen LogP contribution in [-0.4, -0.2) is 34.1 Å². The maximum Gasteiger partial charge on any atom is 0.356 e. The van der Waals surface area contributed by atoms with E-state index < -0.39 is 5.97 Å². The van der Waals surface area contributed by atoms with E-state index in [1.807, 2.05) is 30.3 Å². The summed E-state index contributed by atoms with van der Waals surface area (Å²) in [5.74, 6) is -0.372. The Kier molecular flexibility index (Phi) is 5.00. The van der Waals surface area contributed by atoms with Gasteiger partial charge >= 0.3 is 5.97 Å². The number of carboxylic acids is 1. The lowest BCUT2D eigenvalue weighted by Gasteiger charge is -2.01. The van der Waals surface area contributed by atoms with Gasteiger partial charge in [0.15, 0.2) is 5.71 Å². The molecule has 0 aliphatic rings. The van der Waals surface area contributed by atoms with Gasteiger partial charge in [-0.2, -0.15) is 5.10 Å². The Labute approximate surface area is 147 Å². The second-order valence-corrected chi connectivity index (χ2v) is 5.86. The summed E-state index contributed by atoms with van der Waals surface area (Å²) in [5, 5.41) is 22.4. The molecule has 0 amide bonds. The molecule has 0 aliphatic heterocycles. The molecule has 1 aromatic heterocycles. The van der Waals surface area contributed by atoms with Crippen LogP contribution in [0.25, 0.3) is 10.6 Å². The number of benzene rings is 2. The van der Waals surface area contributed by atoms with Gasteiger partial charge in [0, 0.05) is 11.1 Å². The molecule has 3 aromatic rings. The number of anilines is 1. The van der Waals surface area contributed by atoms with E-state index >= 15 is 0 Å². The first-order chi connectivity index (χ1) is 12.2. The molecule has 1 heterocycles. The number of aliphatic carboxylic acids is 1. The van der Waals surface area contributed by atoms with Crippen LogP contribution < -0.4 is 10.2 Å². The van der Waals surface area contributed by atoms with E-state index in [0.717, 1.165) is 11.3 Å². The quantitative estimate of drug-likeness (QED) is 0.521. The van der Waals surface area contributed by atoms with Gasteiger partial charge in [-0.1, -0.05) is 41.7 Å². The van der Waals surface area contributed by atoms with E-state index in [1.54, 1.807) is 31.4 Å². The lowest BCUT2D eigenvalue weighted by molar-refractivity contribution is -0.129. The Morgan fingerprint density at radius 3 is 2.48 bits per heavy atom. The number of hydrogen-bond acceptors (Lipinski definition) is 7. The number of ether oxygens (including phenoxy) is 1. The van der Waals surface area contributed by atoms with Crippen molar-refractivity contribution < 1.29 is 14.6 Å².